The fourth-order valence-electron chi connectivity index (χ4n) is 6.83. The standard InChI is InChI=1S/C35H22N8.4C2H6/c1-40-28-20-11-3-4-12-21(20)29(40)37-33-25-16-8-10-18-27(25)35-39-31-23-14-6-5-13-22(23)30(41(31)2)38-34-26-17-9-7-15-24(26)32(36-28)42(34)19-43(33)35;4*1-2/h3-18H,1-2,19H2;4*1-2H3. The third-order valence-electron chi connectivity index (χ3n) is 8.81. The molecule has 8 nitrogen and oxygen atoms in total. The Labute approximate surface area is 300 Å². The van der Waals surface area contributed by atoms with Crippen molar-refractivity contribution in [2.24, 2.45) is 20.0 Å². The number of benzene rings is 4. The van der Waals surface area contributed by atoms with Gasteiger partial charge in [0.25, 0.3) is 0 Å². The van der Waals surface area contributed by atoms with Gasteiger partial charge in [0.05, 0.1) is 0 Å². The number of aromatic nitrogens is 2. The molecule has 0 saturated carbocycles. The van der Waals surface area contributed by atoms with Crippen molar-refractivity contribution >= 4 is 56.5 Å². The molecule has 0 saturated heterocycles. The molecular formula is C43H46N8. The van der Waals surface area contributed by atoms with Gasteiger partial charge in [-0.3, -0.25) is 9.13 Å². The van der Waals surface area contributed by atoms with Crippen molar-refractivity contribution in [2.75, 3.05) is 0 Å². The molecule has 0 N–H and O–H groups in total. The first-order chi connectivity index (χ1) is 25.2. The van der Waals surface area contributed by atoms with E-state index in [9.17, 15) is 0 Å². The van der Waals surface area contributed by atoms with Crippen LogP contribution in [0.15, 0.2) is 117 Å². The maximum absolute atomic E-state index is 5.35. The van der Waals surface area contributed by atoms with E-state index >= 15 is 0 Å². The molecule has 258 valence electrons. The van der Waals surface area contributed by atoms with Crippen LogP contribution < -0.4 is 11.0 Å². The van der Waals surface area contributed by atoms with E-state index in [0.29, 0.717) is 6.67 Å². The lowest BCUT2D eigenvalue weighted by Crippen LogP contribution is -2.33. The number of fused-ring (bicyclic) bond motifs is 14. The lowest BCUT2D eigenvalue weighted by Gasteiger charge is -2.13. The molecule has 0 atom stereocenters. The van der Waals surface area contributed by atoms with E-state index in [1.807, 2.05) is 88.8 Å². The van der Waals surface area contributed by atoms with E-state index in [1.165, 1.54) is 0 Å². The van der Waals surface area contributed by atoms with Crippen molar-refractivity contribution in [1.29, 1.82) is 0 Å². The SMILES string of the molecule is CC.CC.CC.CC.[CH2-][N+]1=C2N=c3c4ccccc4c4n3Cn3c(c5ccccc5c3N=C3c5ccccc5C(=[N+]3[CH2-])N=4)N=C1c1ccccc12. The minimum absolute atomic E-state index is 0.417. The van der Waals surface area contributed by atoms with Crippen LogP contribution in [0.3, 0.4) is 0 Å². The minimum Gasteiger partial charge on any atom is -0.366 e. The molecule has 51 heavy (non-hydrogen) atoms. The van der Waals surface area contributed by atoms with Crippen molar-refractivity contribution in [3.05, 3.63) is 144 Å². The summed E-state index contributed by atoms with van der Waals surface area (Å²) in [5.41, 5.74) is 5.58. The van der Waals surface area contributed by atoms with Gasteiger partial charge < -0.3 is 9.15 Å². The molecule has 4 aliphatic rings. The topological polar surface area (TPSA) is 65.3 Å². The molecule has 4 aliphatic heterocycles. The highest BCUT2D eigenvalue weighted by atomic mass is 15.3. The largest absolute Gasteiger partial charge is 0.366 e. The molecule has 0 radical (unpaired) electrons. The summed E-state index contributed by atoms with van der Waals surface area (Å²) in [6.07, 6.45) is 0. The van der Waals surface area contributed by atoms with Crippen LogP contribution in [0.5, 0.6) is 0 Å². The molecule has 0 spiro atoms. The van der Waals surface area contributed by atoms with Crippen LogP contribution in [0.2, 0.25) is 0 Å². The third kappa shape index (κ3) is 5.21. The van der Waals surface area contributed by atoms with Gasteiger partial charge in [0.15, 0.2) is 23.3 Å². The van der Waals surface area contributed by atoms with E-state index in [1.54, 1.807) is 0 Å². The Bertz CT molecular complexity index is 2380. The van der Waals surface area contributed by atoms with Crippen LogP contribution in [0.25, 0.3) is 21.5 Å². The fourth-order valence-corrected chi connectivity index (χ4v) is 6.83. The van der Waals surface area contributed by atoms with Crippen molar-refractivity contribution < 1.29 is 9.15 Å². The summed E-state index contributed by atoms with van der Waals surface area (Å²) in [4.78, 5) is 21.4. The normalized spacial score (nSPS) is 14.0. The summed E-state index contributed by atoms with van der Waals surface area (Å²) in [7, 11) is 8.90. The lowest BCUT2D eigenvalue weighted by atomic mass is 10.1. The molecular weight excluding hydrogens is 629 g/mol. The summed E-state index contributed by atoms with van der Waals surface area (Å²) in [5, 5.41) is 4.03. The van der Waals surface area contributed by atoms with E-state index in [4.69, 9.17) is 20.0 Å². The number of rotatable bonds is 0. The third-order valence-corrected chi connectivity index (χ3v) is 8.81. The Kier molecular flexibility index (Phi) is 9.87. The Balaban J connectivity index is 0.000000527. The van der Waals surface area contributed by atoms with Crippen LogP contribution in [0.4, 0.5) is 11.6 Å². The molecule has 6 bridgehead atoms. The predicted molar refractivity (Wildman–Crippen MR) is 212 cm³/mol. The zero-order chi connectivity index (χ0) is 36.4. The van der Waals surface area contributed by atoms with Crippen LogP contribution in [-0.4, -0.2) is 41.6 Å². The Hall–Kier alpha value is -6.02. The first-order valence-electron chi connectivity index (χ1n) is 18.2. The Morgan fingerprint density at radius 2 is 0.765 bits per heavy atom. The molecule has 2 aromatic heterocycles. The van der Waals surface area contributed by atoms with Crippen LogP contribution in [0, 0.1) is 14.1 Å². The highest BCUT2D eigenvalue weighted by Crippen LogP contribution is 2.40. The van der Waals surface area contributed by atoms with Crippen LogP contribution >= 0.6 is 0 Å². The highest BCUT2D eigenvalue weighted by Gasteiger charge is 2.32. The zero-order valence-electron chi connectivity index (χ0n) is 30.9. The smallest absolute Gasteiger partial charge is 0.207 e. The van der Waals surface area contributed by atoms with Gasteiger partial charge >= 0.3 is 0 Å². The first-order valence-corrected chi connectivity index (χ1v) is 18.2. The van der Waals surface area contributed by atoms with Crippen molar-refractivity contribution in [1.82, 2.24) is 9.13 Å². The molecule has 8 heteroatoms. The summed E-state index contributed by atoms with van der Waals surface area (Å²) < 4.78 is 8.07. The molecule has 6 heterocycles. The van der Waals surface area contributed by atoms with Gasteiger partial charge in [0, 0.05) is 21.5 Å². The highest BCUT2D eigenvalue weighted by molar-refractivity contribution is 6.18. The number of nitrogens with zero attached hydrogens (tertiary/aromatic N) is 8. The minimum atomic E-state index is 0.417. The first kappa shape index (κ1) is 34.8. The van der Waals surface area contributed by atoms with E-state index in [2.05, 4.69) is 96.0 Å². The lowest BCUT2D eigenvalue weighted by molar-refractivity contribution is -0.329. The van der Waals surface area contributed by atoms with E-state index in [0.717, 1.165) is 89.8 Å². The van der Waals surface area contributed by atoms with Crippen molar-refractivity contribution in [3.63, 3.8) is 0 Å². The molecule has 6 aromatic rings. The zero-order valence-corrected chi connectivity index (χ0v) is 30.9. The maximum Gasteiger partial charge on any atom is 0.207 e. The second kappa shape index (κ2) is 14.5. The second-order valence-electron chi connectivity index (χ2n) is 11.1. The van der Waals surface area contributed by atoms with Gasteiger partial charge in [0.2, 0.25) is 22.6 Å². The van der Waals surface area contributed by atoms with Crippen LogP contribution in [0.1, 0.15) is 77.6 Å². The van der Waals surface area contributed by atoms with E-state index < -0.39 is 0 Å². The predicted octanol–water partition coefficient (Wildman–Crippen LogP) is 8.76. The van der Waals surface area contributed by atoms with Gasteiger partial charge in [-0.2, -0.15) is 0 Å². The van der Waals surface area contributed by atoms with Crippen LogP contribution in [-0.2, 0) is 6.67 Å². The summed E-state index contributed by atoms with van der Waals surface area (Å²) >= 11 is 0. The number of aliphatic imine (C=N–C) groups is 2. The van der Waals surface area contributed by atoms with Gasteiger partial charge in [-0.15, -0.1) is 20.0 Å². The Morgan fingerprint density at radius 1 is 0.431 bits per heavy atom. The summed E-state index contributed by atoms with van der Waals surface area (Å²) in [6, 6.07) is 33.1. The molecule has 10 rings (SSSR count). The monoisotopic (exact) mass is 674 g/mol. The number of hydrogen-bond acceptors (Lipinski definition) is 4. The van der Waals surface area contributed by atoms with Gasteiger partial charge in [-0.25, -0.2) is 0 Å². The summed E-state index contributed by atoms with van der Waals surface area (Å²) in [5.74, 6) is 4.61. The van der Waals surface area contributed by atoms with Gasteiger partial charge in [-0.1, -0.05) is 142 Å². The van der Waals surface area contributed by atoms with Crippen molar-refractivity contribution in [3.8, 4) is 0 Å². The molecule has 0 fully saturated rings. The van der Waals surface area contributed by atoms with Crippen molar-refractivity contribution in [2.45, 2.75) is 62.1 Å². The second-order valence-corrected chi connectivity index (χ2v) is 11.1. The quantitative estimate of drug-likeness (QED) is 0.114. The molecule has 0 amide bonds. The molecule has 4 aromatic carbocycles. The maximum atomic E-state index is 5.35. The summed E-state index contributed by atoms with van der Waals surface area (Å²) in [6.45, 7) is 16.4. The number of hydrogen-bond donors (Lipinski definition) is 0. The average molecular weight is 675 g/mol. The fraction of sp³-hybridized carbons (Fsp3) is 0.209. The molecule has 0 unspecified atom stereocenters. The molecule has 0 aliphatic carbocycles. The van der Waals surface area contributed by atoms with E-state index in [-0.39, 0.29) is 0 Å². The average Bonchev–Trinajstić information content (AvgIpc) is 3.84. The van der Waals surface area contributed by atoms with Gasteiger partial charge in [0.1, 0.15) is 6.67 Å². The van der Waals surface area contributed by atoms with Gasteiger partial charge in [-0.05, 0) is 46.5 Å². The number of amidine groups is 4. The Morgan fingerprint density at radius 3 is 1.16 bits per heavy atom.